The minimum Gasteiger partial charge on any atom is -0.496 e. The number of ether oxygens (including phenoxy) is 3. The SMILES string of the molecule is COc1cc(OC)c(OC)cc1CN(Cc1ccc(F)cc1)C1CC1. The van der Waals surface area contributed by atoms with Crippen LogP contribution in [-0.2, 0) is 13.1 Å². The van der Waals surface area contributed by atoms with Crippen LogP contribution in [0.4, 0.5) is 4.39 Å². The number of hydrogen-bond acceptors (Lipinski definition) is 4. The molecule has 1 saturated carbocycles. The Morgan fingerprint density at radius 2 is 1.48 bits per heavy atom. The molecule has 0 bridgehead atoms. The van der Waals surface area contributed by atoms with Crippen LogP contribution in [-0.4, -0.2) is 32.3 Å². The molecular weight excluding hydrogens is 321 g/mol. The monoisotopic (exact) mass is 345 g/mol. The molecule has 25 heavy (non-hydrogen) atoms. The van der Waals surface area contributed by atoms with Gasteiger partial charge in [-0.15, -0.1) is 0 Å². The predicted molar refractivity (Wildman–Crippen MR) is 94.8 cm³/mol. The van der Waals surface area contributed by atoms with E-state index in [-0.39, 0.29) is 5.82 Å². The summed E-state index contributed by atoms with van der Waals surface area (Å²) in [4.78, 5) is 2.40. The molecule has 1 fully saturated rings. The molecule has 5 heteroatoms. The zero-order valence-corrected chi connectivity index (χ0v) is 14.9. The van der Waals surface area contributed by atoms with Gasteiger partial charge < -0.3 is 14.2 Å². The van der Waals surface area contributed by atoms with Crippen LogP contribution in [0.15, 0.2) is 36.4 Å². The van der Waals surface area contributed by atoms with E-state index in [1.807, 2.05) is 24.3 Å². The molecule has 2 aromatic carbocycles. The molecule has 3 rings (SSSR count). The van der Waals surface area contributed by atoms with Crippen molar-refractivity contribution in [2.75, 3.05) is 21.3 Å². The molecule has 0 saturated heterocycles. The summed E-state index contributed by atoms with van der Waals surface area (Å²) in [7, 11) is 4.90. The van der Waals surface area contributed by atoms with Gasteiger partial charge in [-0.25, -0.2) is 4.39 Å². The molecule has 4 nitrogen and oxygen atoms in total. The highest BCUT2D eigenvalue weighted by Gasteiger charge is 2.30. The van der Waals surface area contributed by atoms with Crippen LogP contribution in [0.1, 0.15) is 24.0 Å². The van der Waals surface area contributed by atoms with Crippen molar-refractivity contribution < 1.29 is 18.6 Å². The second-order valence-electron chi connectivity index (χ2n) is 6.28. The Bertz CT molecular complexity index is 714. The van der Waals surface area contributed by atoms with Gasteiger partial charge in [0.1, 0.15) is 11.6 Å². The van der Waals surface area contributed by atoms with E-state index < -0.39 is 0 Å². The first-order valence-electron chi connectivity index (χ1n) is 8.42. The molecule has 134 valence electrons. The van der Waals surface area contributed by atoms with Crippen molar-refractivity contribution in [1.29, 1.82) is 0 Å². The van der Waals surface area contributed by atoms with Gasteiger partial charge in [0.05, 0.1) is 21.3 Å². The van der Waals surface area contributed by atoms with Crippen molar-refractivity contribution in [3.8, 4) is 17.2 Å². The van der Waals surface area contributed by atoms with Crippen molar-refractivity contribution in [2.24, 2.45) is 0 Å². The van der Waals surface area contributed by atoms with Crippen LogP contribution >= 0.6 is 0 Å². The highest BCUT2D eigenvalue weighted by molar-refractivity contribution is 5.50. The first-order valence-corrected chi connectivity index (χ1v) is 8.42. The summed E-state index contributed by atoms with van der Waals surface area (Å²) in [5, 5.41) is 0. The molecule has 0 aliphatic heterocycles. The molecule has 0 atom stereocenters. The van der Waals surface area contributed by atoms with E-state index in [0.717, 1.165) is 30.0 Å². The lowest BCUT2D eigenvalue weighted by atomic mass is 10.1. The van der Waals surface area contributed by atoms with E-state index in [4.69, 9.17) is 14.2 Å². The Morgan fingerprint density at radius 3 is 2.04 bits per heavy atom. The summed E-state index contributed by atoms with van der Waals surface area (Å²) in [6, 6.07) is 11.1. The van der Waals surface area contributed by atoms with E-state index >= 15 is 0 Å². The first kappa shape index (κ1) is 17.5. The number of hydrogen-bond donors (Lipinski definition) is 0. The fourth-order valence-electron chi connectivity index (χ4n) is 3.01. The zero-order chi connectivity index (χ0) is 17.8. The fraction of sp³-hybridized carbons (Fsp3) is 0.400. The maximum absolute atomic E-state index is 13.1. The van der Waals surface area contributed by atoms with E-state index in [2.05, 4.69) is 4.90 Å². The van der Waals surface area contributed by atoms with Crippen LogP contribution in [0, 0.1) is 5.82 Å². The highest BCUT2D eigenvalue weighted by Crippen LogP contribution is 2.37. The van der Waals surface area contributed by atoms with Gasteiger partial charge in [0.25, 0.3) is 0 Å². The van der Waals surface area contributed by atoms with Crippen molar-refractivity contribution >= 4 is 0 Å². The van der Waals surface area contributed by atoms with Gasteiger partial charge in [0.2, 0.25) is 0 Å². The molecule has 0 aromatic heterocycles. The number of rotatable bonds is 8. The Labute approximate surface area is 148 Å². The number of benzene rings is 2. The Balaban J connectivity index is 1.83. The van der Waals surface area contributed by atoms with Crippen LogP contribution in [0.3, 0.4) is 0 Å². The smallest absolute Gasteiger partial charge is 0.164 e. The summed E-state index contributed by atoms with van der Waals surface area (Å²) in [6.45, 7) is 1.52. The molecule has 0 unspecified atom stereocenters. The van der Waals surface area contributed by atoms with Gasteiger partial charge in [-0.2, -0.15) is 0 Å². The Kier molecular flexibility index (Phi) is 5.43. The van der Waals surface area contributed by atoms with E-state index in [9.17, 15) is 4.39 Å². The molecule has 0 radical (unpaired) electrons. The van der Waals surface area contributed by atoms with Crippen molar-refractivity contribution in [3.05, 3.63) is 53.3 Å². The van der Waals surface area contributed by atoms with Crippen molar-refractivity contribution in [1.82, 2.24) is 4.90 Å². The zero-order valence-electron chi connectivity index (χ0n) is 14.9. The number of nitrogens with zero attached hydrogens (tertiary/aromatic N) is 1. The third-order valence-electron chi connectivity index (χ3n) is 4.52. The molecule has 2 aromatic rings. The normalized spacial score (nSPS) is 13.8. The van der Waals surface area contributed by atoms with Crippen LogP contribution in [0.2, 0.25) is 0 Å². The summed E-state index contributed by atoms with van der Waals surface area (Å²) >= 11 is 0. The second kappa shape index (κ2) is 7.74. The Morgan fingerprint density at radius 1 is 0.880 bits per heavy atom. The van der Waals surface area contributed by atoms with Crippen molar-refractivity contribution in [3.63, 3.8) is 0 Å². The van der Waals surface area contributed by atoms with Gasteiger partial charge in [-0.3, -0.25) is 4.90 Å². The largest absolute Gasteiger partial charge is 0.496 e. The molecule has 1 aliphatic rings. The fourth-order valence-corrected chi connectivity index (χ4v) is 3.01. The maximum Gasteiger partial charge on any atom is 0.164 e. The first-order chi connectivity index (χ1) is 12.1. The van der Waals surface area contributed by atoms with E-state index in [1.54, 1.807) is 21.3 Å². The minimum absolute atomic E-state index is 0.205. The number of methoxy groups -OCH3 is 3. The standard InChI is InChI=1S/C20H24FNO3/c1-23-18-11-20(25-3)19(24-2)10-15(18)13-22(17-8-9-17)12-14-4-6-16(21)7-5-14/h4-7,10-11,17H,8-9,12-13H2,1-3H3. The number of halogens is 1. The average molecular weight is 345 g/mol. The quantitative estimate of drug-likeness (QED) is 0.723. The van der Waals surface area contributed by atoms with E-state index in [0.29, 0.717) is 17.5 Å². The predicted octanol–water partition coefficient (Wildman–Crippen LogP) is 4.02. The maximum atomic E-state index is 13.1. The third-order valence-corrected chi connectivity index (χ3v) is 4.52. The van der Waals surface area contributed by atoms with E-state index in [1.165, 1.54) is 25.0 Å². The second-order valence-corrected chi connectivity index (χ2v) is 6.28. The van der Waals surface area contributed by atoms with Gasteiger partial charge >= 0.3 is 0 Å². The van der Waals surface area contributed by atoms with Crippen LogP contribution in [0.5, 0.6) is 17.2 Å². The summed E-state index contributed by atoms with van der Waals surface area (Å²) < 4.78 is 29.5. The summed E-state index contributed by atoms with van der Waals surface area (Å²) in [6.07, 6.45) is 2.38. The lowest BCUT2D eigenvalue weighted by Crippen LogP contribution is -2.25. The van der Waals surface area contributed by atoms with Gasteiger partial charge in [0, 0.05) is 30.8 Å². The lowest BCUT2D eigenvalue weighted by Gasteiger charge is -2.24. The molecule has 0 amide bonds. The summed E-state index contributed by atoms with van der Waals surface area (Å²) in [5.41, 5.74) is 2.15. The average Bonchev–Trinajstić information content (AvgIpc) is 3.47. The van der Waals surface area contributed by atoms with Gasteiger partial charge in [-0.1, -0.05) is 12.1 Å². The lowest BCUT2D eigenvalue weighted by molar-refractivity contribution is 0.240. The molecule has 0 heterocycles. The highest BCUT2D eigenvalue weighted by atomic mass is 19.1. The third kappa shape index (κ3) is 4.23. The molecular formula is C20H24FNO3. The molecule has 0 spiro atoms. The Hall–Kier alpha value is -2.27. The van der Waals surface area contributed by atoms with Crippen LogP contribution in [0.25, 0.3) is 0 Å². The van der Waals surface area contributed by atoms with Gasteiger partial charge in [-0.05, 0) is 36.6 Å². The topological polar surface area (TPSA) is 30.9 Å². The molecule has 0 N–H and O–H groups in total. The van der Waals surface area contributed by atoms with Crippen molar-refractivity contribution in [2.45, 2.75) is 32.0 Å². The van der Waals surface area contributed by atoms with Crippen LogP contribution < -0.4 is 14.2 Å². The summed E-state index contributed by atoms with van der Waals surface area (Å²) in [5.74, 6) is 1.92. The van der Waals surface area contributed by atoms with Gasteiger partial charge in [0.15, 0.2) is 11.5 Å². The minimum atomic E-state index is -0.205. The molecule has 1 aliphatic carbocycles.